The third kappa shape index (κ3) is 3.10. The smallest absolute Gasteiger partial charge is 0.311 e. The van der Waals surface area contributed by atoms with Crippen molar-refractivity contribution in [3.63, 3.8) is 0 Å². The Bertz CT molecular complexity index is 493. The van der Waals surface area contributed by atoms with E-state index in [4.69, 9.17) is 9.47 Å². The molecule has 1 saturated heterocycles. The van der Waals surface area contributed by atoms with Crippen molar-refractivity contribution < 1.29 is 14.4 Å². The van der Waals surface area contributed by atoms with Crippen LogP contribution in [0.4, 0.5) is 5.69 Å². The van der Waals surface area contributed by atoms with Crippen LogP contribution in [-0.4, -0.2) is 24.2 Å². The lowest BCUT2D eigenvalue weighted by Gasteiger charge is -2.22. The summed E-state index contributed by atoms with van der Waals surface area (Å²) in [7, 11) is 0. The Balaban J connectivity index is 1.78. The van der Waals surface area contributed by atoms with Gasteiger partial charge in [-0.3, -0.25) is 10.1 Å². The van der Waals surface area contributed by atoms with E-state index in [1.54, 1.807) is 12.1 Å². The second-order valence-corrected chi connectivity index (χ2v) is 5.59. The topological polar surface area (TPSA) is 64.9 Å². The molecule has 1 aliphatic heterocycles. The summed E-state index contributed by atoms with van der Waals surface area (Å²) in [5.41, 5.74) is 1.15. The van der Waals surface area contributed by atoms with Gasteiger partial charge in [-0.25, -0.2) is 0 Å². The number of nitro groups is 1. The maximum Gasteiger partial charge on any atom is 0.311 e. The first kappa shape index (κ1) is 13.4. The Morgan fingerprint density at radius 3 is 2.70 bits per heavy atom. The highest BCUT2D eigenvalue weighted by Gasteiger charge is 2.26. The molecule has 1 heterocycles. The average Bonchev–Trinajstić information content (AvgIpc) is 3.30. The Kier molecular flexibility index (Phi) is 3.87. The van der Waals surface area contributed by atoms with Crippen LogP contribution in [0, 0.1) is 10.1 Å². The third-order valence-electron chi connectivity index (χ3n) is 4.08. The standard InChI is InChI=1S/C15H19NO4/c17-16(18)14-8-12(11-4-2-1-3-5-11)6-7-15(14)20-10-13-9-19-13/h6-8,11,13H,1-5,9-10H2/t13-/m0/s1. The van der Waals surface area contributed by atoms with Crippen molar-refractivity contribution in [1.82, 2.24) is 0 Å². The minimum atomic E-state index is -0.352. The first-order chi connectivity index (χ1) is 9.74. The van der Waals surface area contributed by atoms with Gasteiger partial charge < -0.3 is 9.47 Å². The van der Waals surface area contributed by atoms with Crippen molar-refractivity contribution in [2.75, 3.05) is 13.2 Å². The van der Waals surface area contributed by atoms with Gasteiger partial charge in [-0.1, -0.05) is 25.3 Å². The first-order valence-corrected chi connectivity index (χ1v) is 7.27. The van der Waals surface area contributed by atoms with Gasteiger partial charge in [0.25, 0.3) is 0 Å². The summed E-state index contributed by atoms with van der Waals surface area (Å²) in [6.45, 7) is 1.08. The predicted molar refractivity (Wildman–Crippen MR) is 74.2 cm³/mol. The van der Waals surface area contributed by atoms with Gasteiger partial charge in [-0.2, -0.15) is 0 Å². The molecule has 2 aliphatic rings. The SMILES string of the molecule is O=[N+]([O-])c1cc(C2CCCCC2)ccc1OC[C@@H]1CO1. The van der Waals surface area contributed by atoms with E-state index in [1.165, 1.54) is 19.3 Å². The maximum atomic E-state index is 11.2. The van der Waals surface area contributed by atoms with Crippen LogP contribution >= 0.6 is 0 Å². The minimum Gasteiger partial charge on any atom is -0.484 e. The van der Waals surface area contributed by atoms with Gasteiger partial charge in [0.1, 0.15) is 12.7 Å². The van der Waals surface area contributed by atoms with Crippen molar-refractivity contribution in [1.29, 1.82) is 0 Å². The summed E-state index contributed by atoms with van der Waals surface area (Å²) in [5, 5.41) is 11.2. The summed E-state index contributed by atoms with van der Waals surface area (Å²) in [6, 6.07) is 5.41. The molecule has 0 unspecified atom stereocenters. The zero-order valence-corrected chi connectivity index (χ0v) is 11.4. The summed E-state index contributed by atoms with van der Waals surface area (Å²) in [6.07, 6.45) is 6.08. The number of rotatable bonds is 5. The lowest BCUT2D eigenvalue weighted by Crippen LogP contribution is -2.08. The summed E-state index contributed by atoms with van der Waals surface area (Å²) in [4.78, 5) is 10.9. The highest BCUT2D eigenvalue weighted by Crippen LogP contribution is 2.37. The van der Waals surface area contributed by atoms with Crippen LogP contribution in [0.25, 0.3) is 0 Å². The lowest BCUT2D eigenvalue weighted by molar-refractivity contribution is -0.386. The highest BCUT2D eigenvalue weighted by atomic mass is 16.6. The minimum absolute atomic E-state index is 0.0775. The molecule has 3 rings (SSSR count). The highest BCUT2D eigenvalue weighted by molar-refractivity contribution is 5.49. The molecule has 0 N–H and O–H groups in total. The molecule has 108 valence electrons. The van der Waals surface area contributed by atoms with Crippen LogP contribution in [-0.2, 0) is 4.74 Å². The quantitative estimate of drug-likeness (QED) is 0.470. The molecule has 0 radical (unpaired) electrons. The lowest BCUT2D eigenvalue weighted by atomic mass is 9.84. The fourth-order valence-electron chi connectivity index (χ4n) is 2.84. The van der Waals surface area contributed by atoms with E-state index in [9.17, 15) is 10.1 Å². The van der Waals surface area contributed by atoms with Gasteiger partial charge in [0.05, 0.1) is 11.5 Å². The molecule has 20 heavy (non-hydrogen) atoms. The molecule has 1 saturated carbocycles. The van der Waals surface area contributed by atoms with Crippen molar-refractivity contribution >= 4 is 5.69 Å². The molecule has 5 nitrogen and oxygen atoms in total. The van der Waals surface area contributed by atoms with Crippen molar-refractivity contribution in [2.24, 2.45) is 0 Å². The van der Waals surface area contributed by atoms with Crippen LogP contribution in [0.5, 0.6) is 5.75 Å². The van der Waals surface area contributed by atoms with Gasteiger partial charge in [0, 0.05) is 6.07 Å². The van der Waals surface area contributed by atoms with Gasteiger partial charge in [0.2, 0.25) is 0 Å². The molecule has 0 spiro atoms. The van der Waals surface area contributed by atoms with Gasteiger partial charge in [-0.05, 0) is 30.4 Å². The van der Waals surface area contributed by atoms with E-state index < -0.39 is 0 Å². The van der Waals surface area contributed by atoms with Crippen molar-refractivity contribution in [3.8, 4) is 5.75 Å². The Labute approximate surface area is 118 Å². The van der Waals surface area contributed by atoms with E-state index in [1.807, 2.05) is 6.07 Å². The summed E-state index contributed by atoms with van der Waals surface area (Å²) < 4.78 is 10.6. The molecule has 1 aromatic carbocycles. The van der Waals surface area contributed by atoms with Gasteiger partial charge in [-0.15, -0.1) is 0 Å². The second-order valence-electron chi connectivity index (χ2n) is 5.59. The Hall–Kier alpha value is -1.62. The Morgan fingerprint density at radius 2 is 2.05 bits per heavy atom. The number of nitro benzene ring substituents is 1. The molecular weight excluding hydrogens is 258 g/mol. The number of epoxide rings is 1. The normalized spacial score (nSPS) is 22.5. The van der Waals surface area contributed by atoms with Crippen molar-refractivity contribution in [3.05, 3.63) is 33.9 Å². The Morgan fingerprint density at radius 1 is 1.30 bits per heavy atom. The molecule has 1 atom stereocenters. The zero-order chi connectivity index (χ0) is 13.9. The summed E-state index contributed by atoms with van der Waals surface area (Å²) >= 11 is 0. The van der Waals surface area contributed by atoms with E-state index >= 15 is 0 Å². The number of hydrogen-bond donors (Lipinski definition) is 0. The third-order valence-corrected chi connectivity index (χ3v) is 4.08. The van der Waals surface area contributed by atoms with E-state index in [0.29, 0.717) is 24.9 Å². The molecule has 1 aliphatic carbocycles. The monoisotopic (exact) mass is 277 g/mol. The van der Waals surface area contributed by atoms with Crippen LogP contribution in [0.1, 0.15) is 43.6 Å². The van der Waals surface area contributed by atoms with E-state index in [-0.39, 0.29) is 16.7 Å². The molecule has 1 aromatic rings. The molecule has 0 bridgehead atoms. The zero-order valence-electron chi connectivity index (χ0n) is 11.4. The predicted octanol–water partition coefficient (Wildman–Crippen LogP) is 3.42. The first-order valence-electron chi connectivity index (χ1n) is 7.27. The molecule has 5 heteroatoms. The van der Waals surface area contributed by atoms with E-state index in [0.717, 1.165) is 18.4 Å². The maximum absolute atomic E-state index is 11.2. The molecule has 0 aromatic heterocycles. The van der Waals surface area contributed by atoms with Gasteiger partial charge in [0.15, 0.2) is 5.75 Å². The number of nitrogens with zero attached hydrogens (tertiary/aromatic N) is 1. The van der Waals surface area contributed by atoms with Crippen LogP contribution in [0.2, 0.25) is 0 Å². The second kappa shape index (κ2) is 5.79. The number of benzene rings is 1. The molecule has 0 amide bonds. The van der Waals surface area contributed by atoms with Crippen LogP contribution in [0.3, 0.4) is 0 Å². The fourth-order valence-corrected chi connectivity index (χ4v) is 2.84. The summed E-state index contributed by atoms with van der Waals surface area (Å²) in [5.74, 6) is 0.813. The van der Waals surface area contributed by atoms with Crippen LogP contribution < -0.4 is 4.74 Å². The average molecular weight is 277 g/mol. The fraction of sp³-hybridized carbons (Fsp3) is 0.600. The van der Waals surface area contributed by atoms with Crippen molar-refractivity contribution in [2.45, 2.75) is 44.1 Å². The molecular formula is C15H19NO4. The number of ether oxygens (including phenoxy) is 2. The van der Waals surface area contributed by atoms with Crippen LogP contribution in [0.15, 0.2) is 18.2 Å². The molecule has 2 fully saturated rings. The van der Waals surface area contributed by atoms with Gasteiger partial charge >= 0.3 is 5.69 Å². The van der Waals surface area contributed by atoms with E-state index in [2.05, 4.69) is 0 Å². The number of hydrogen-bond acceptors (Lipinski definition) is 4. The largest absolute Gasteiger partial charge is 0.484 e.